The lowest BCUT2D eigenvalue weighted by Gasteiger charge is -2.30. The van der Waals surface area contributed by atoms with Crippen LogP contribution in [0.2, 0.25) is 0 Å². The summed E-state index contributed by atoms with van der Waals surface area (Å²) in [5.74, 6) is 0.696. The molecule has 1 aliphatic rings. The van der Waals surface area contributed by atoms with Gasteiger partial charge in [0.15, 0.2) is 0 Å². The van der Waals surface area contributed by atoms with Crippen LogP contribution in [-0.4, -0.2) is 49.7 Å². The molecule has 4 nitrogen and oxygen atoms in total. The van der Waals surface area contributed by atoms with Crippen LogP contribution in [0.4, 0.5) is 0 Å². The zero-order chi connectivity index (χ0) is 13.5. The Morgan fingerprint density at radius 1 is 1.44 bits per heavy atom. The van der Waals surface area contributed by atoms with Crippen molar-refractivity contribution in [1.29, 1.82) is 0 Å². The summed E-state index contributed by atoms with van der Waals surface area (Å²) in [7, 11) is 1.46. The Balaban J connectivity index is 2.50. The average Bonchev–Trinajstić information content (AvgIpc) is 3.15. The Labute approximate surface area is 111 Å². The molecule has 1 saturated carbocycles. The maximum absolute atomic E-state index is 11.8. The van der Waals surface area contributed by atoms with E-state index in [1.807, 2.05) is 0 Å². The van der Waals surface area contributed by atoms with Gasteiger partial charge in [0.25, 0.3) is 0 Å². The van der Waals surface area contributed by atoms with E-state index < -0.39 is 0 Å². The molecule has 0 bridgehead atoms. The molecule has 0 aromatic heterocycles. The molecular weight excluding hydrogens is 228 g/mol. The fourth-order valence-electron chi connectivity index (χ4n) is 2.05. The number of carbonyl (C=O) groups excluding carboxylic acids is 1. The number of esters is 1. The van der Waals surface area contributed by atoms with Gasteiger partial charge in [-0.3, -0.25) is 9.69 Å². The Morgan fingerprint density at radius 3 is 2.56 bits per heavy atom. The SMILES string of the molecule is CCCNC(CN(CC1CC1)C(C)C)C(=O)OC. The lowest BCUT2D eigenvalue weighted by Crippen LogP contribution is -2.49. The Hall–Kier alpha value is -0.610. The van der Waals surface area contributed by atoms with Crippen molar-refractivity contribution in [3.05, 3.63) is 0 Å². The molecule has 106 valence electrons. The van der Waals surface area contributed by atoms with Crippen molar-refractivity contribution in [2.75, 3.05) is 26.7 Å². The third kappa shape index (κ3) is 5.36. The number of rotatable bonds is 9. The van der Waals surface area contributed by atoms with Crippen molar-refractivity contribution in [1.82, 2.24) is 10.2 Å². The van der Waals surface area contributed by atoms with Crippen LogP contribution in [-0.2, 0) is 9.53 Å². The summed E-state index contributed by atoms with van der Waals surface area (Å²) in [4.78, 5) is 14.2. The molecule has 1 N–H and O–H groups in total. The molecule has 0 heterocycles. The van der Waals surface area contributed by atoms with Crippen molar-refractivity contribution in [2.45, 2.75) is 52.1 Å². The number of nitrogens with zero attached hydrogens (tertiary/aromatic N) is 1. The summed E-state index contributed by atoms with van der Waals surface area (Å²) < 4.78 is 4.88. The first-order valence-corrected chi connectivity index (χ1v) is 7.13. The van der Waals surface area contributed by atoms with E-state index in [1.165, 1.54) is 20.0 Å². The topological polar surface area (TPSA) is 41.6 Å². The average molecular weight is 256 g/mol. The minimum absolute atomic E-state index is 0.148. The Morgan fingerprint density at radius 2 is 2.11 bits per heavy atom. The van der Waals surface area contributed by atoms with E-state index in [2.05, 4.69) is 31.0 Å². The highest BCUT2D eigenvalue weighted by Gasteiger charge is 2.29. The predicted molar refractivity (Wildman–Crippen MR) is 73.5 cm³/mol. The van der Waals surface area contributed by atoms with Crippen LogP contribution in [0.1, 0.15) is 40.0 Å². The summed E-state index contributed by atoms with van der Waals surface area (Å²) >= 11 is 0. The van der Waals surface area contributed by atoms with Crippen molar-refractivity contribution < 1.29 is 9.53 Å². The van der Waals surface area contributed by atoms with Crippen LogP contribution in [0.3, 0.4) is 0 Å². The monoisotopic (exact) mass is 256 g/mol. The van der Waals surface area contributed by atoms with Crippen molar-refractivity contribution in [3.8, 4) is 0 Å². The minimum atomic E-state index is -0.198. The van der Waals surface area contributed by atoms with E-state index in [4.69, 9.17) is 4.74 Å². The van der Waals surface area contributed by atoms with Crippen LogP contribution in [0.5, 0.6) is 0 Å². The summed E-state index contributed by atoms with van der Waals surface area (Å²) in [5.41, 5.74) is 0. The van der Waals surface area contributed by atoms with Crippen LogP contribution >= 0.6 is 0 Å². The van der Waals surface area contributed by atoms with Gasteiger partial charge in [-0.15, -0.1) is 0 Å². The number of nitrogens with one attached hydrogen (secondary N) is 1. The van der Waals surface area contributed by atoms with E-state index >= 15 is 0 Å². The van der Waals surface area contributed by atoms with Gasteiger partial charge in [-0.2, -0.15) is 0 Å². The van der Waals surface area contributed by atoms with Gasteiger partial charge in [0.2, 0.25) is 0 Å². The quantitative estimate of drug-likeness (QED) is 0.637. The van der Waals surface area contributed by atoms with Crippen LogP contribution < -0.4 is 5.32 Å². The number of methoxy groups -OCH3 is 1. The maximum atomic E-state index is 11.8. The molecule has 0 aromatic rings. The zero-order valence-corrected chi connectivity index (χ0v) is 12.2. The summed E-state index contributed by atoms with van der Waals surface area (Å²) in [6.07, 6.45) is 3.71. The molecule has 4 heteroatoms. The molecule has 18 heavy (non-hydrogen) atoms. The molecule has 1 rings (SSSR count). The Kier molecular flexibility index (Phi) is 6.65. The molecule has 0 amide bonds. The highest BCUT2D eigenvalue weighted by molar-refractivity contribution is 5.75. The second-order valence-corrected chi connectivity index (χ2v) is 5.52. The third-order valence-electron chi connectivity index (χ3n) is 3.46. The molecule has 1 aliphatic carbocycles. The zero-order valence-electron chi connectivity index (χ0n) is 12.2. The molecule has 1 unspecified atom stereocenters. The number of hydrogen-bond donors (Lipinski definition) is 1. The number of hydrogen-bond acceptors (Lipinski definition) is 4. The van der Waals surface area contributed by atoms with Gasteiger partial charge in [0, 0.05) is 19.1 Å². The van der Waals surface area contributed by atoms with Crippen molar-refractivity contribution in [3.63, 3.8) is 0 Å². The van der Waals surface area contributed by atoms with E-state index in [0.717, 1.165) is 32.0 Å². The first-order valence-electron chi connectivity index (χ1n) is 7.13. The first-order chi connectivity index (χ1) is 8.58. The summed E-state index contributed by atoms with van der Waals surface area (Å²) in [5, 5.41) is 3.28. The predicted octanol–water partition coefficient (Wildman–Crippen LogP) is 1.65. The molecular formula is C14H28N2O2. The number of carbonyl (C=O) groups is 1. The molecule has 0 aromatic carbocycles. The van der Waals surface area contributed by atoms with Crippen molar-refractivity contribution >= 4 is 5.97 Å². The van der Waals surface area contributed by atoms with Gasteiger partial charge >= 0.3 is 5.97 Å². The molecule has 0 aliphatic heterocycles. The Bertz CT molecular complexity index is 252. The summed E-state index contributed by atoms with van der Waals surface area (Å²) in [6.45, 7) is 9.20. The lowest BCUT2D eigenvalue weighted by molar-refractivity contribution is -0.143. The molecule has 0 saturated heterocycles. The van der Waals surface area contributed by atoms with Crippen LogP contribution in [0, 0.1) is 5.92 Å². The second-order valence-electron chi connectivity index (χ2n) is 5.52. The van der Waals surface area contributed by atoms with Crippen molar-refractivity contribution in [2.24, 2.45) is 5.92 Å². The lowest BCUT2D eigenvalue weighted by atomic mass is 10.2. The highest BCUT2D eigenvalue weighted by atomic mass is 16.5. The van der Waals surface area contributed by atoms with E-state index in [1.54, 1.807) is 0 Å². The van der Waals surface area contributed by atoms with Gasteiger partial charge in [-0.05, 0) is 45.6 Å². The van der Waals surface area contributed by atoms with E-state index in [-0.39, 0.29) is 12.0 Å². The fourth-order valence-corrected chi connectivity index (χ4v) is 2.05. The second kappa shape index (κ2) is 7.74. The summed E-state index contributed by atoms with van der Waals surface area (Å²) in [6, 6.07) is 0.275. The van der Waals surface area contributed by atoms with E-state index in [9.17, 15) is 4.79 Å². The largest absolute Gasteiger partial charge is 0.468 e. The van der Waals surface area contributed by atoms with E-state index in [0.29, 0.717) is 6.04 Å². The molecule has 0 radical (unpaired) electrons. The highest BCUT2D eigenvalue weighted by Crippen LogP contribution is 2.30. The first kappa shape index (κ1) is 15.4. The van der Waals surface area contributed by atoms with Crippen LogP contribution in [0.25, 0.3) is 0 Å². The smallest absolute Gasteiger partial charge is 0.324 e. The fraction of sp³-hybridized carbons (Fsp3) is 0.929. The normalized spacial score (nSPS) is 17.2. The third-order valence-corrected chi connectivity index (χ3v) is 3.46. The number of ether oxygens (including phenoxy) is 1. The molecule has 1 atom stereocenters. The molecule has 0 spiro atoms. The van der Waals surface area contributed by atoms with Gasteiger partial charge in [-0.1, -0.05) is 6.92 Å². The van der Waals surface area contributed by atoms with Crippen LogP contribution in [0.15, 0.2) is 0 Å². The molecule has 1 fully saturated rings. The minimum Gasteiger partial charge on any atom is -0.468 e. The van der Waals surface area contributed by atoms with Gasteiger partial charge in [0.1, 0.15) is 6.04 Å². The van der Waals surface area contributed by atoms with Gasteiger partial charge in [0.05, 0.1) is 7.11 Å². The van der Waals surface area contributed by atoms with Gasteiger partial charge < -0.3 is 10.1 Å². The van der Waals surface area contributed by atoms with Gasteiger partial charge in [-0.25, -0.2) is 0 Å². The maximum Gasteiger partial charge on any atom is 0.324 e. The standard InChI is InChI=1S/C14H28N2O2/c1-5-8-15-13(14(17)18-4)10-16(11(2)3)9-12-6-7-12/h11-13,15H,5-10H2,1-4H3.